The Morgan fingerprint density at radius 2 is 1.84 bits per heavy atom. The van der Waals surface area contributed by atoms with Gasteiger partial charge < -0.3 is 5.32 Å². The Kier molecular flexibility index (Phi) is 5.99. The van der Waals surface area contributed by atoms with E-state index in [0.717, 1.165) is 11.3 Å². The maximum Gasteiger partial charge on any atom is 0.333 e. The van der Waals surface area contributed by atoms with E-state index >= 15 is 0 Å². The molecule has 0 fully saturated rings. The second-order valence-corrected chi connectivity index (χ2v) is 10.8. The van der Waals surface area contributed by atoms with Gasteiger partial charge in [-0.15, -0.1) is 24.0 Å². The second-order valence-electron chi connectivity index (χ2n) is 6.67. The minimum atomic E-state index is -4.03. The molecular weight excluding hydrogens is 492 g/mol. The Balaban J connectivity index is 1.56. The van der Waals surface area contributed by atoms with Crippen molar-refractivity contribution in [3.05, 3.63) is 75.1 Å². The number of fused-ring (bicyclic) bond motifs is 1. The minimum Gasteiger partial charge on any atom is -0.307 e. The van der Waals surface area contributed by atoms with E-state index in [2.05, 4.69) is 22.9 Å². The summed E-state index contributed by atoms with van der Waals surface area (Å²) in [5.74, 6) is 0.494. The minimum absolute atomic E-state index is 0.0731. The summed E-state index contributed by atoms with van der Waals surface area (Å²) in [4.78, 5) is 30.3. The zero-order chi connectivity index (χ0) is 23.0. The number of halogens is 1. The van der Waals surface area contributed by atoms with Crippen molar-refractivity contribution >= 4 is 68.2 Å². The van der Waals surface area contributed by atoms with Crippen LogP contribution in [0, 0.1) is 6.92 Å². The van der Waals surface area contributed by atoms with E-state index < -0.39 is 16.1 Å². The standard InChI is InChI=1S/C20H15ClN4O4S3/c1-11-22-16-7-6-14(30)10-15(16)19(26)25(11)13-4-2-12(3-5-13)23-20(27)24-32(28,29)18-9-8-17(21)31-18/h2-10,30H,1H3,(H2,23,24,27). The first-order valence-electron chi connectivity index (χ1n) is 9.06. The molecule has 2 amide bonds. The van der Waals surface area contributed by atoms with Crippen molar-refractivity contribution in [1.82, 2.24) is 14.3 Å². The Morgan fingerprint density at radius 3 is 2.50 bits per heavy atom. The average molecular weight is 507 g/mol. The molecule has 4 aromatic rings. The van der Waals surface area contributed by atoms with Crippen molar-refractivity contribution in [3.63, 3.8) is 0 Å². The first-order chi connectivity index (χ1) is 15.1. The van der Waals surface area contributed by atoms with Gasteiger partial charge >= 0.3 is 6.03 Å². The fraction of sp³-hybridized carbons (Fsp3) is 0.0500. The summed E-state index contributed by atoms with van der Waals surface area (Å²) in [6.45, 7) is 1.72. The number of nitrogens with one attached hydrogen (secondary N) is 2. The molecule has 2 aromatic heterocycles. The van der Waals surface area contributed by atoms with Crippen LogP contribution in [0.4, 0.5) is 10.5 Å². The number of anilines is 1. The number of hydrogen-bond acceptors (Lipinski definition) is 7. The molecule has 8 nitrogen and oxygen atoms in total. The molecule has 0 aliphatic carbocycles. The number of carbonyl (C=O) groups is 1. The highest BCUT2D eigenvalue weighted by molar-refractivity contribution is 7.92. The number of urea groups is 1. The molecule has 0 aliphatic rings. The Labute approximate surface area is 197 Å². The predicted molar refractivity (Wildman–Crippen MR) is 128 cm³/mol. The molecule has 2 N–H and O–H groups in total. The summed E-state index contributed by atoms with van der Waals surface area (Å²) in [7, 11) is -4.03. The van der Waals surface area contributed by atoms with Gasteiger partial charge in [0.05, 0.1) is 20.9 Å². The molecule has 0 atom stereocenters. The first-order valence-corrected chi connectivity index (χ1v) is 12.2. The number of carbonyl (C=O) groups excluding carboxylic acids is 1. The molecule has 0 saturated heterocycles. The Morgan fingerprint density at radius 1 is 1.12 bits per heavy atom. The molecule has 12 heteroatoms. The number of thiol groups is 1. The largest absolute Gasteiger partial charge is 0.333 e. The summed E-state index contributed by atoms with van der Waals surface area (Å²) in [6, 6.07) is 13.3. The molecule has 0 bridgehead atoms. The highest BCUT2D eigenvalue weighted by atomic mass is 35.5. The number of aryl methyl sites for hydroxylation is 1. The van der Waals surface area contributed by atoms with Crippen LogP contribution in [0.5, 0.6) is 0 Å². The third-order valence-electron chi connectivity index (χ3n) is 4.44. The Hall–Kier alpha value is -2.86. The molecule has 0 spiro atoms. The van der Waals surface area contributed by atoms with Gasteiger partial charge in [-0.1, -0.05) is 11.6 Å². The van der Waals surface area contributed by atoms with Crippen LogP contribution in [0.25, 0.3) is 16.6 Å². The van der Waals surface area contributed by atoms with Gasteiger partial charge in [0.25, 0.3) is 15.6 Å². The SMILES string of the molecule is Cc1nc2ccc(S)cc2c(=O)n1-c1ccc(NC(=O)NS(=O)(=O)c2ccc(Cl)s2)cc1. The maximum atomic E-state index is 13.0. The predicted octanol–water partition coefficient (Wildman–Crippen LogP) is 4.21. The summed E-state index contributed by atoms with van der Waals surface area (Å²) >= 11 is 10.9. The van der Waals surface area contributed by atoms with E-state index in [1.807, 2.05) is 4.72 Å². The fourth-order valence-electron chi connectivity index (χ4n) is 3.05. The third kappa shape index (κ3) is 4.51. The quantitative estimate of drug-likeness (QED) is 0.359. The highest BCUT2D eigenvalue weighted by Crippen LogP contribution is 2.25. The van der Waals surface area contributed by atoms with E-state index in [0.29, 0.717) is 37.3 Å². The average Bonchev–Trinajstić information content (AvgIpc) is 3.17. The van der Waals surface area contributed by atoms with Gasteiger partial charge in [-0.2, -0.15) is 0 Å². The maximum absolute atomic E-state index is 13.0. The molecule has 0 unspecified atom stereocenters. The summed E-state index contributed by atoms with van der Waals surface area (Å²) in [6.07, 6.45) is 0. The molecule has 4 rings (SSSR count). The monoisotopic (exact) mass is 506 g/mol. The molecule has 0 aliphatic heterocycles. The number of amides is 2. The lowest BCUT2D eigenvalue weighted by molar-refractivity contribution is 0.256. The van der Waals surface area contributed by atoms with Crippen LogP contribution in [0.1, 0.15) is 5.82 Å². The van der Waals surface area contributed by atoms with Crippen LogP contribution in [0.15, 0.2) is 68.5 Å². The molecular formula is C20H15ClN4O4S3. The number of rotatable bonds is 4. The van der Waals surface area contributed by atoms with E-state index in [-0.39, 0.29) is 9.77 Å². The van der Waals surface area contributed by atoms with Gasteiger partial charge in [-0.05, 0) is 61.5 Å². The lowest BCUT2D eigenvalue weighted by Gasteiger charge is -2.12. The van der Waals surface area contributed by atoms with Gasteiger partial charge in [0.15, 0.2) is 0 Å². The van der Waals surface area contributed by atoms with Crippen molar-refractivity contribution in [3.8, 4) is 5.69 Å². The molecule has 0 radical (unpaired) electrons. The van der Waals surface area contributed by atoms with Crippen LogP contribution in [-0.2, 0) is 10.0 Å². The fourth-order valence-corrected chi connectivity index (χ4v) is 5.65. The zero-order valence-corrected chi connectivity index (χ0v) is 19.6. The van der Waals surface area contributed by atoms with Crippen molar-refractivity contribution in [2.24, 2.45) is 0 Å². The van der Waals surface area contributed by atoms with E-state index in [1.165, 1.54) is 16.7 Å². The van der Waals surface area contributed by atoms with E-state index in [4.69, 9.17) is 11.6 Å². The van der Waals surface area contributed by atoms with Gasteiger partial charge in [0.2, 0.25) is 0 Å². The number of nitrogens with zero attached hydrogens (tertiary/aromatic N) is 2. The molecule has 32 heavy (non-hydrogen) atoms. The van der Waals surface area contributed by atoms with E-state index in [9.17, 15) is 18.0 Å². The number of aromatic nitrogens is 2. The zero-order valence-electron chi connectivity index (χ0n) is 16.4. The van der Waals surface area contributed by atoms with Gasteiger partial charge in [-0.3, -0.25) is 9.36 Å². The van der Waals surface area contributed by atoms with Crippen LogP contribution in [0.2, 0.25) is 4.34 Å². The van der Waals surface area contributed by atoms with Crippen LogP contribution < -0.4 is 15.6 Å². The third-order valence-corrected chi connectivity index (χ3v) is 7.78. The van der Waals surface area contributed by atoms with Crippen molar-refractivity contribution in [2.75, 3.05) is 5.32 Å². The lowest BCUT2D eigenvalue weighted by atomic mass is 10.2. The van der Waals surface area contributed by atoms with Crippen LogP contribution in [-0.4, -0.2) is 24.0 Å². The molecule has 2 heterocycles. The summed E-state index contributed by atoms with van der Waals surface area (Å²) < 4.78 is 28.0. The Bertz CT molecular complexity index is 1510. The molecule has 164 valence electrons. The van der Waals surface area contributed by atoms with Gasteiger partial charge in [0.1, 0.15) is 10.0 Å². The van der Waals surface area contributed by atoms with Crippen molar-refractivity contribution in [1.29, 1.82) is 0 Å². The first kappa shape index (κ1) is 22.3. The molecule has 2 aromatic carbocycles. The highest BCUT2D eigenvalue weighted by Gasteiger charge is 2.20. The molecule has 0 saturated carbocycles. The smallest absolute Gasteiger partial charge is 0.307 e. The summed E-state index contributed by atoms with van der Waals surface area (Å²) in [5.41, 5.74) is 1.20. The van der Waals surface area contributed by atoms with Crippen molar-refractivity contribution in [2.45, 2.75) is 16.0 Å². The van der Waals surface area contributed by atoms with Crippen molar-refractivity contribution < 1.29 is 13.2 Å². The number of sulfonamides is 1. The van der Waals surface area contributed by atoms with Crippen LogP contribution >= 0.6 is 35.6 Å². The summed E-state index contributed by atoms with van der Waals surface area (Å²) in [5, 5.41) is 2.88. The normalized spacial score (nSPS) is 11.5. The number of hydrogen-bond donors (Lipinski definition) is 3. The topological polar surface area (TPSA) is 110 Å². The second kappa shape index (κ2) is 8.58. The van der Waals surface area contributed by atoms with Crippen LogP contribution in [0.3, 0.4) is 0 Å². The van der Waals surface area contributed by atoms with Gasteiger partial charge in [-0.25, -0.2) is 22.9 Å². The van der Waals surface area contributed by atoms with Gasteiger partial charge in [0, 0.05) is 10.6 Å². The lowest BCUT2D eigenvalue weighted by Crippen LogP contribution is -2.33. The number of benzene rings is 2. The van der Waals surface area contributed by atoms with E-state index in [1.54, 1.807) is 49.4 Å². The number of thiophene rings is 1.